The van der Waals surface area contributed by atoms with Crippen LogP contribution in [0, 0.1) is 0 Å². The molecule has 1 aromatic carbocycles. The van der Waals surface area contributed by atoms with E-state index in [-0.39, 0.29) is 6.04 Å². The van der Waals surface area contributed by atoms with Gasteiger partial charge < -0.3 is 4.74 Å². The highest BCUT2D eigenvalue weighted by atomic mass is 16.5. The van der Waals surface area contributed by atoms with Gasteiger partial charge in [-0.1, -0.05) is 29.4 Å². The molecule has 84 valence electrons. The lowest BCUT2D eigenvalue weighted by molar-refractivity contribution is 0.404. The number of benzene rings is 1. The molecule has 0 bridgehead atoms. The smallest absolute Gasteiger partial charge is 0.122 e. The van der Waals surface area contributed by atoms with E-state index in [1.807, 2.05) is 30.3 Å². The minimum Gasteiger partial charge on any atom is -0.496 e. The Morgan fingerprint density at radius 3 is 2.94 bits per heavy atom. The molecule has 4 heteroatoms. The van der Waals surface area contributed by atoms with Crippen LogP contribution in [0.1, 0.15) is 24.4 Å². The largest absolute Gasteiger partial charge is 0.496 e. The molecule has 0 aliphatic carbocycles. The molecular weight excluding hydrogens is 202 g/mol. The van der Waals surface area contributed by atoms with Crippen molar-refractivity contribution in [3.63, 3.8) is 0 Å². The zero-order valence-corrected chi connectivity index (χ0v) is 9.34. The summed E-state index contributed by atoms with van der Waals surface area (Å²) in [6, 6.07) is 7.39. The van der Waals surface area contributed by atoms with Crippen molar-refractivity contribution in [1.82, 2.24) is 0 Å². The van der Waals surface area contributed by atoms with Crippen molar-refractivity contribution < 1.29 is 4.74 Å². The summed E-state index contributed by atoms with van der Waals surface area (Å²) in [4.78, 5) is 2.88. The molecule has 1 unspecified atom stereocenters. The Kier molecular flexibility index (Phi) is 4.96. The van der Waals surface area contributed by atoms with Crippen LogP contribution in [0.25, 0.3) is 10.4 Å². The summed E-state index contributed by atoms with van der Waals surface area (Å²) in [7, 11) is 1.61. The van der Waals surface area contributed by atoms with E-state index in [0.29, 0.717) is 0 Å². The van der Waals surface area contributed by atoms with Gasteiger partial charge in [-0.05, 0) is 24.4 Å². The Morgan fingerprint density at radius 2 is 2.31 bits per heavy atom. The van der Waals surface area contributed by atoms with Crippen LogP contribution in [0.4, 0.5) is 0 Å². The SMILES string of the molecule is C=CCCC(N=[N+]=[N-])c1ccccc1OC. The number of hydrogen-bond acceptors (Lipinski definition) is 2. The number of ether oxygens (including phenoxy) is 1. The summed E-state index contributed by atoms with van der Waals surface area (Å²) in [5.74, 6) is 0.754. The van der Waals surface area contributed by atoms with Crippen LogP contribution < -0.4 is 4.74 Å². The summed E-state index contributed by atoms with van der Waals surface area (Å²) in [5.41, 5.74) is 9.47. The van der Waals surface area contributed by atoms with Crippen LogP contribution in [-0.4, -0.2) is 7.11 Å². The fourth-order valence-corrected chi connectivity index (χ4v) is 1.56. The second-order valence-electron chi connectivity index (χ2n) is 3.33. The van der Waals surface area contributed by atoms with Gasteiger partial charge in [-0.15, -0.1) is 6.58 Å². The number of nitrogens with zero attached hydrogens (tertiary/aromatic N) is 3. The minimum atomic E-state index is -0.195. The summed E-state index contributed by atoms with van der Waals surface area (Å²) in [6.07, 6.45) is 3.37. The second kappa shape index (κ2) is 6.53. The molecule has 0 saturated heterocycles. The molecule has 1 atom stereocenters. The van der Waals surface area contributed by atoms with Crippen LogP contribution in [0.15, 0.2) is 42.0 Å². The quantitative estimate of drug-likeness (QED) is 0.307. The topological polar surface area (TPSA) is 58.0 Å². The van der Waals surface area contributed by atoms with Gasteiger partial charge in [-0.2, -0.15) is 0 Å². The van der Waals surface area contributed by atoms with Gasteiger partial charge in [-0.25, -0.2) is 0 Å². The first-order valence-electron chi connectivity index (χ1n) is 5.11. The standard InChI is InChI=1S/C12H15N3O/c1-3-4-8-11(14-15-13)10-7-5-6-9-12(10)16-2/h3,5-7,9,11H,1,4,8H2,2H3. The maximum Gasteiger partial charge on any atom is 0.122 e. The Labute approximate surface area is 95.2 Å². The summed E-state index contributed by atoms with van der Waals surface area (Å²) >= 11 is 0. The molecule has 0 aliphatic heterocycles. The molecule has 0 heterocycles. The number of allylic oxidation sites excluding steroid dienone is 1. The molecule has 16 heavy (non-hydrogen) atoms. The van der Waals surface area contributed by atoms with E-state index < -0.39 is 0 Å². The fourth-order valence-electron chi connectivity index (χ4n) is 1.56. The highest BCUT2D eigenvalue weighted by Crippen LogP contribution is 2.30. The van der Waals surface area contributed by atoms with E-state index in [0.717, 1.165) is 24.2 Å². The first kappa shape index (κ1) is 12.1. The Balaban J connectivity index is 2.99. The molecule has 0 saturated carbocycles. The third kappa shape index (κ3) is 3.04. The van der Waals surface area contributed by atoms with Crippen molar-refractivity contribution >= 4 is 0 Å². The lowest BCUT2D eigenvalue weighted by Gasteiger charge is -2.14. The van der Waals surface area contributed by atoms with Gasteiger partial charge in [0, 0.05) is 10.5 Å². The van der Waals surface area contributed by atoms with Gasteiger partial charge >= 0.3 is 0 Å². The molecule has 4 nitrogen and oxygen atoms in total. The van der Waals surface area contributed by atoms with Crippen LogP contribution in [0.2, 0.25) is 0 Å². The lowest BCUT2D eigenvalue weighted by atomic mass is 10.0. The molecule has 0 N–H and O–H groups in total. The Hall–Kier alpha value is -1.93. The zero-order valence-electron chi connectivity index (χ0n) is 9.34. The number of para-hydroxylation sites is 1. The maximum absolute atomic E-state index is 8.55. The predicted molar refractivity (Wildman–Crippen MR) is 64.3 cm³/mol. The van der Waals surface area contributed by atoms with Gasteiger partial charge in [0.15, 0.2) is 0 Å². The second-order valence-corrected chi connectivity index (χ2v) is 3.33. The number of hydrogen-bond donors (Lipinski definition) is 0. The third-order valence-corrected chi connectivity index (χ3v) is 2.33. The third-order valence-electron chi connectivity index (χ3n) is 2.33. The van der Waals surface area contributed by atoms with E-state index in [9.17, 15) is 0 Å². The molecule has 0 radical (unpaired) electrons. The average molecular weight is 217 g/mol. The van der Waals surface area contributed by atoms with Gasteiger partial charge in [0.1, 0.15) is 5.75 Å². The highest BCUT2D eigenvalue weighted by Gasteiger charge is 2.13. The molecule has 0 aromatic heterocycles. The van der Waals surface area contributed by atoms with E-state index in [1.54, 1.807) is 7.11 Å². The monoisotopic (exact) mass is 217 g/mol. The van der Waals surface area contributed by atoms with Crippen LogP contribution in [0.5, 0.6) is 5.75 Å². The molecule has 0 fully saturated rings. The van der Waals surface area contributed by atoms with Gasteiger partial charge in [0.25, 0.3) is 0 Å². The fraction of sp³-hybridized carbons (Fsp3) is 0.333. The first-order chi connectivity index (χ1) is 7.83. The lowest BCUT2D eigenvalue weighted by Crippen LogP contribution is -1.98. The van der Waals surface area contributed by atoms with Crippen molar-refractivity contribution in [2.24, 2.45) is 5.11 Å². The Morgan fingerprint density at radius 1 is 1.56 bits per heavy atom. The first-order valence-corrected chi connectivity index (χ1v) is 5.11. The van der Waals surface area contributed by atoms with Crippen molar-refractivity contribution in [1.29, 1.82) is 0 Å². The molecular formula is C12H15N3O. The minimum absolute atomic E-state index is 0.195. The van der Waals surface area contributed by atoms with Crippen molar-refractivity contribution in [3.05, 3.63) is 52.9 Å². The summed E-state index contributed by atoms with van der Waals surface area (Å²) < 4.78 is 5.24. The Bertz CT molecular complexity index is 397. The van der Waals surface area contributed by atoms with E-state index in [4.69, 9.17) is 10.3 Å². The molecule has 1 aromatic rings. The molecule has 0 spiro atoms. The maximum atomic E-state index is 8.55. The highest BCUT2D eigenvalue weighted by molar-refractivity contribution is 5.36. The molecule has 0 amide bonds. The van der Waals surface area contributed by atoms with Crippen molar-refractivity contribution in [2.45, 2.75) is 18.9 Å². The van der Waals surface area contributed by atoms with Crippen molar-refractivity contribution in [3.8, 4) is 5.75 Å². The van der Waals surface area contributed by atoms with Gasteiger partial charge in [-0.3, -0.25) is 0 Å². The zero-order chi connectivity index (χ0) is 11.8. The van der Waals surface area contributed by atoms with Crippen LogP contribution in [0.3, 0.4) is 0 Å². The van der Waals surface area contributed by atoms with Gasteiger partial charge in [0.2, 0.25) is 0 Å². The summed E-state index contributed by atoms with van der Waals surface area (Å²) in [6.45, 7) is 3.66. The number of methoxy groups -OCH3 is 1. The predicted octanol–water partition coefficient (Wildman–Crippen LogP) is 4.01. The van der Waals surface area contributed by atoms with Gasteiger partial charge in [0.05, 0.1) is 13.2 Å². The summed E-state index contributed by atoms with van der Waals surface area (Å²) in [5, 5.41) is 3.79. The van der Waals surface area contributed by atoms with E-state index in [1.165, 1.54) is 0 Å². The normalized spacial score (nSPS) is 11.3. The van der Waals surface area contributed by atoms with Crippen LogP contribution in [-0.2, 0) is 0 Å². The van der Waals surface area contributed by atoms with Crippen LogP contribution >= 0.6 is 0 Å². The number of azide groups is 1. The van der Waals surface area contributed by atoms with E-state index in [2.05, 4.69) is 16.6 Å². The molecule has 1 rings (SSSR count). The average Bonchev–Trinajstić information content (AvgIpc) is 2.34. The number of rotatable bonds is 6. The van der Waals surface area contributed by atoms with Crippen molar-refractivity contribution in [2.75, 3.05) is 7.11 Å². The van der Waals surface area contributed by atoms with E-state index >= 15 is 0 Å². The molecule has 0 aliphatic rings.